The van der Waals surface area contributed by atoms with E-state index in [2.05, 4.69) is 33.8 Å². The Morgan fingerprint density at radius 1 is 1.21 bits per heavy atom. The Bertz CT molecular complexity index is 822. The Morgan fingerprint density at radius 2 is 1.97 bits per heavy atom. The van der Waals surface area contributed by atoms with Gasteiger partial charge in [0.1, 0.15) is 5.82 Å². The number of hydrogen-bond donors (Lipinski definition) is 1. The van der Waals surface area contributed by atoms with Crippen molar-refractivity contribution in [3.05, 3.63) is 53.7 Å². The van der Waals surface area contributed by atoms with Crippen LogP contribution in [-0.2, 0) is 11.3 Å². The molecule has 0 spiro atoms. The van der Waals surface area contributed by atoms with Gasteiger partial charge in [-0.1, -0.05) is 12.1 Å². The number of methoxy groups -OCH3 is 1. The van der Waals surface area contributed by atoms with E-state index < -0.39 is 6.61 Å². The molecule has 8 heteroatoms. The van der Waals surface area contributed by atoms with Crippen molar-refractivity contribution in [1.82, 2.24) is 10.3 Å². The number of anilines is 1. The van der Waals surface area contributed by atoms with Crippen LogP contribution >= 0.6 is 0 Å². The van der Waals surface area contributed by atoms with Crippen molar-refractivity contribution < 1.29 is 23.0 Å². The molecule has 0 aliphatic heterocycles. The Balaban J connectivity index is 1.92. The SMILES string of the molecule is CCN(CC)c1ccc(CNC(=O)C=Cc2ccc(OC(F)F)c(OC)c2)cn1. The minimum Gasteiger partial charge on any atom is -0.493 e. The number of carbonyl (C=O) groups excluding carboxylic acids is 1. The standard InChI is InChI=1S/C21H25F2N3O3/c1-4-26(5-2)19-10-7-16(13-24-19)14-25-20(27)11-8-15-6-9-17(29-21(22)23)18(12-15)28-3/h6-13,21H,4-5,14H2,1-3H3,(H,25,27). The van der Waals surface area contributed by atoms with Crippen molar-refractivity contribution in [2.75, 3.05) is 25.1 Å². The number of carbonyl (C=O) groups is 1. The average molecular weight is 405 g/mol. The summed E-state index contributed by atoms with van der Waals surface area (Å²) in [6, 6.07) is 8.29. The molecule has 2 rings (SSSR count). The first-order valence-corrected chi connectivity index (χ1v) is 9.25. The molecule has 0 atom stereocenters. The number of ether oxygens (including phenoxy) is 2. The van der Waals surface area contributed by atoms with Gasteiger partial charge in [0.2, 0.25) is 5.91 Å². The highest BCUT2D eigenvalue weighted by Crippen LogP contribution is 2.29. The lowest BCUT2D eigenvalue weighted by Crippen LogP contribution is -2.23. The lowest BCUT2D eigenvalue weighted by molar-refractivity contribution is -0.116. The topological polar surface area (TPSA) is 63.7 Å². The molecule has 156 valence electrons. The van der Waals surface area contributed by atoms with Crippen LogP contribution in [0.2, 0.25) is 0 Å². The first-order valence-electron chi connectivity index (χ1n) is 9.25. The molecule has 0 unspecified atom stereocenters. The average Bonchev–Trinajstić information content (AvgIpc) is 2.72. The highest BCUT2D eigenvalue weighted by atomic mass is 19.3. The second-order valence-corrected chi connectivity index (χ2v) is 6.04. The van der Waals surface area contributed by atoms with Crippen LogP contribution in [0.1, 0.15) is 25.0 Å². The largest absolute Gasteiger partial charge is 0.493 e. The summed E-state index contributed by atoms with van der Waals surface area (Å²) in [6.45, 7) is 3.31. The number of aromatic nitrogens is 1. The van der Waals surface area contributed by atoms with E-state index in [0.29, 0.717) is 12.1 Å². The predicted molar refractivity (Wildman–Crippen MR) is 108 cm³/mol. The zero-order chi connectivity index (χ0) is 21.2. The molecule has 29 heavy (non-hydrogen) atoms. The number of amides is 1. The van der Waals surface area contributed by atoms with Crippen molar-refractivity contribution in [3.8, 4) is 11.5 Å². The maximum atomic E-state index is 12.4. The van der Waals surface area contributed by atoms with Gasteiger partial charge in [-0.05, 0) is 49.2 Å². The van der Waals surface area contributed by atoms with Crippen LogP contribution in [0.3, 0.4) is 0 Å². The van der Waals surface area contributed by atoms with Gasteiger partial charge < -0.3 is 19.7 Å². The van der Waals surface area contributed by atoms with Crippen molar-refractivity contribution in [1.29, 1.82) is 0 Å². The fraction of sp³-hybridized carbons (Fsp3) is 0.333. The second kappa shape index (κ2) is 11.0. The summed E-state index contributed by atoms with van der Waals surface area (Å²) in [4.78, 5) is 18.6. The van der Waals surface area contributed by atoms with E-state index >= 15 is 0 Å². The molecule has 6 nitrogen and oxygen atoms in total. The third kappa shape index (κ3) is 6.74. The quantitative estimate of drug-likeness (QED) is 0.608. The highest BCUT2D eigenvalue weighted by Gasteiger charge is 2.10. The van der Waals surface area contributed by atoms with E-state index in [1.807, 2.05) is 12.1 Å². The molecule has 1 N–H and O–H groups in total. The second-order valence-electron chi connectivity index (χ2n) is 6.04. The predicted octanol–water partition coefficient (Wildman–Crippen LogP) is 3.87. The molecule has 0 bridgehead atoms. The van der Waals surface area contributed by atoms with Crippen LogP contribution in [0.5, 0.6) is 11.5 Å². The van der Waals surface area contributed by atoms with Gasteiger partial charge in [0.25, 0.3) is 0 Å². The third-order valence-electron chi connectivity index (χ3n) is 4.19. The molecular formula is C21H25F2N3O3. The molecule has 0 saturated carbocycles. The number of nitrogens with one attached hydrogen (secondary N) is 1. The molecule has 1 aromatic heterocycles. The lowest BCUT2D eigenvalue weighted by atomic mass is 10.2. The molecule has 0 radical (unpaired) electrons. The Labute approximate surface area is 169 Å². The molecular weight excluding hydrogens is 380 g/mol. The summed E-state index contributed by atoms with van der Waals surface area (Å²) in [5.74, 6) is 0.708. The Morgan fingerprint density at radius 3 is 2.55 bits per heavy atom. The molecule has 0 fully saturated rings. The summed E-state index contributed by atoms with van der Waals surface area (Å²) in [5.41, 5.74) is 1.50. The van der Waals surface area contributed by atoms with Crippen molar-refractivity contribution >= 4 is 17.8 Å². The third-order valence-corrected chi connectivity index (χ3v) is 4.19. The zero-order valence-electron chi connectivity index (χ0n) is 16.7. The molecule has 0 aliphatic carbocycles. The smallest absolute Gasteiger partial charge is 0.387 e. The number of benzene rings is 1. The number of halogens is 2. The highest BCUT2D eigenvalue weighted by molar-refractivity contribution is 5.91. The Kier molecular flexibility index (Phi) is 8.39. The van der Waals surface area contributed by atoms with Crippen molar-refractivity contribution in [2.24, 2.45) is 0 Å². The first kappa shape index (κ1) is 22.1. The van der Waals surface area contributed by atoms with Gasteiger partial charge in [0.15, 0.2) is 11.5 Å². The van der Waals surface area contributed by atoms with E-state index in [1.54, 1.807) is 18.3 Å². The molecule has 1 heterocycles. The summed E-state index contributed by atoms with van der Waals surface area (Å²) in [5, 5.41) is 2.78. The molecule has 0 saturated heterocycles. The molecule has 2 aromatic rings. The van der Waals surface area contributed by atoms with Gasteiger partial charge >= 0.3 is 6.61 Å². The van der Waals surface area contributed by atoms with Crippen LogP contribution in [0, 0.1) is 0 Å². The van der Waals surface area contributed by atoms with E-state index in [-0.39, 0.29) is 17.4 Å². The number of alkyl halides is 2. The van der Waals surface area contributed by atoms with Crippen LogP contribution in [0.4, 0.5) is 14.6 Å². The lowest BCUT2D eigenvalue weighted by Gasteiger charge is -2.19. The van der Waals surface area contributed by atoms with Crippen LogP contribution < -0.4 is 19.7 Å². The molecule has 1 aromatic carbocycles. The summed E-state index contributed by atoms with van der Waals surface area (Å²) in [7, 11) is 1.35. The van der Waals surface area contributed by atoms with Gasteiger partial charge in [0.05, 0.1) is 7.11 Å². The van der Waals surface area contributed by atoms with E-state index in [9.17, 15) is 13.6 Å². The zero-order valence-corrected chi connectivity index (χ0v) is 16.7. The van der Waals surface area contributed by atoms with Crippen LogP contribution in [0.15, 0.2) is 42.6 Å². The summed E-state index contributed by atoms with van der Waals surface area (Å²) in [6.07, 6.45) is 4.66. The number of hydrogen-bond acceptors (Lipinski definition) is 5. The van der Waals surface area contributed by atoms with Gasteiger partial charge in [-0.15, -0.1) is 0 Å². The first-order chi connectivity index (χ1) is 14.0. The summed E-state index contributed by atoms with van der Waals surface area (Å²) >= 11 is 0. The minimum absolute atomic E-state index is 0.0650. The van der Waals surface area contributed by atoms with Crippen LogP contribution in [-0.4, -0.2) is 37.7 Å². The molecule has 0 aliphatic rings. The minimum atomic E-state index is -2.94. The van der Waals surface area contributed by atoms with Gasteiger partial charge in [-0.25, -0.2) is 4.98 Å². The summed E-state index contributed by atoms with van der Waals surface area (Å²) < 4.78 is 34.1. The number of nitrogens with zero attached hydrogens (tertiary/aromatic N) is 2. The van der Waals surface area contributed by atoms with Gasteiger partial charge in [0, 0.05) is 31.9 Å². The van der Waals surface area contributed by atoms with Crippen molar-refractivity contribution in [3.63, 3.8) is 0 Å². The fourth-order valence-corrected chi connectivity index (χ4v) is 2.66. The van der Waals surface area contributed by atoms with Gasteiger partial charge in [-0.2, -0.15) is 8.78 Å². The normalized spacial score (nSPS) is 11.0. The number of pyridine rings is 1. The fourth-order valence-electron chi connectivity index (χ4n) is 2.66. The van der Waals surface area contributed by atoms with Crippen LogP contribution in [0.25, 0.3) is 6.08 Å². The monoisotopic (exact) mass is 405 g/mol. The van der Waals surface area contributed by atoms with Gasteiger partial charge in [-0.3, -0.25) is 4.79 Å². The Hall–Kier alpha value is -3.16. The number of rotatable bonds is 10. The van der Waals surface area contributed by atoms with E-state index in [1.165, 1.54) is 25.3 Å². The molecule has 1 amide bonds. The maximum absolute atomic E-state index is 12.4. The maximum Gasteiger partial charge on any atom is 0.387 e. The van der Waals surface area contributed by atoms with E-state index in [4.69, 9.17) is 4.74 Å². The van der Waals surface area contributed by atoms with Crippen molar-refractivity contribution in [2.45, 2.75) is 27.0 Å². The van der Waals surface area contributed by atoms with E-state index in [0.717, 1.165) is 24.5 Å².